The van der Waals surface area contributed by atoms with E-state index in [9.17, 15) is 9.18 Å². The molecule has 0 saturated heterocycles. The highest BCUT2D eigenvalue weighted by Crippen LogP contribution is 2.18. The van der Waals surface area contributed by atoms with E-state index >= 15 is 0 Å². The monoisotopic (exact) mass is 310 g/mol. The molecular formula is C17H27FN2O2. The Balaban J connectivity index is 2.28. The summed E-state index contributed by atoms with van der Waals surface area (Å²) >= 11 is 0. The Morgan fingerprint density at radius 1 is 1.36 bits per heavy atom. The van der Waals surface area contributed by atoms with E-state index in [0.29, 0.717) is 6.54 Å². The zero-order valence-corrected chi connectivity index (χ0v) is 14.1. The summed E-state index contributed by atoms with van der Waals surface area (Å²) in [7, 11) is 0. The molecule has 5 heteroatoms. The van der Waals surface area contributed by atoms with Gasteiger partial charge in [-0.25, -0.2) is 9.18 Å². The summed E-state index contributed by atoms with van der Waals surface area (Å²) in [5, 5.41) is 6.02. The van der Waals surface area contributed by atoms with Crippen molar-refractivity contribution < 1.29 is 13.9 Å². The predicted molar refractivity (Wildman–Crippen MR) is 87.7 cm³/mol. The minimum absolute atomic E-state index is 0.195. The number of nitrogens with one attached hydrogen (secondary N) is 2. The van der Waals surface area contributed by atoms with Crippen molar-refractivity contribution >= 4 is 11.8 Å². The summed E-state index contributed by atoms with van der Waals surface area (Å²) in [4.78, 5) is 11.5. The average molecular weight is 310 g/mol. The molecule has 0 aromatic heterocycles. The lowest BCUT2D eigenvalue weighted by Gasteiger charge is -2.20. The fraction of sp³-hybridized carbons (Fsp3) is 0.588. The Bertz CT molecular complexity index is 498. The van der Waals surface area contributed by atoms with Crippen molar-refractivity contribution in [2.24, 2.45) is 0 Å². The molecule has 1 aromatic carbocycles. The molecule has 0 bridgehead atoms. The SMILES string of the molecule is Cc1ccc(F)cc1NC(C)CCCNC(=O)OC(C)(C)C. The molecule has 0 spiro atoms. The second-order valence-corrected chi connectivity index (χ2v) is 6.58. The van der Waals surface area contributed by atoms with Crippen LogP contribution < -0.4 is 10.6 Å². The van der Waals surface area contributed by atoms with Crippen molar-refractivity contribution in [3.8, 4) is 0 Å². The van der Waals surface area contributed by atoms with Crippen molar-refractivity contribution in [1.29, 1.82) is 0 Å². The first-order valence-electron chi connectivity index (χ1n) is 7.67. The van der Waals surface area contributed by atoms with E-state index in [0.717, 1.165) is 24.1 Å². The van der Waals surface area contributed by atoms with Gasteiger partial charge < -0.3 is 15.4 Å². The molecule has 2 N–H and O–H groups in total. The smallest absolute Gasteiger partial charge is 0.407 e. The molecule has 124 valence electrons. The number of halogens is 1. The molecule has 1 amide bonds. The average Bonchev–Trinajstić information content (AvgIpc) is 2.37. The Kier molecular flexibility index (Phi) is 6.65. The lowest BCUT2D eigenvalue weighted by atomic mass is 10.1. The van der Waals surface area contributed by atoms with Crippen LogP contribution in [0.5, 0.6) is 0 Å². The van der Waals surface area contributed by atoms with E-state index in [1.54, 1.807) is 6.07 Å². The topological polar surface area (TPSA) is 50.4 Å². The lowest BCUT2D eigenvalue weighted by molar-refractivity contribution is 0.0527. The maximum atomic E-state index is 13.2. The number of ether oxygens (including phenoxy) is 1. The van der Waals surface area contributed by atoms with E-state index in [1.807, 2.05) is 34.6 Å². The van der Waals surface area contributed by atoms with E-state index in [-0.39, 0.29) is 11.9 Å². The number of rotatable bonds is 6. The Hall–Kier alpha value is -1.78. The number of hydrogen-bond donors (Lipinski definition) is 2. The van der Waals surface area contributed by atoms with Gasteiger partial charge in [0.2, 0.25) is 0 Å². The molecule has 0 fully saturated rings. The predicted octanol–water partition coefficient (Wildman–Crippen LogP) is 4.24. The molecule has 0 saturated carbocycles. The zero-order chi connectivity index (χ0) is 16.8. The summed E-state index contributed by atoms with van der Waals surface area (Å²) in [5.41, 5.74) is 1.35. The van der Waals surface area contributed by atoms with E-state index in [2.05, 4.69) is 10.6 Å². The Labute approximate surface area is 132 Å². The summed E-state index contributed by atoms with van der Waals surface area (Å²) < 4.78 is 18.4. The second kappa shape index (κ2) is 8.01. The summed E-state index contributed by atoms with van der Waals surface area (Å²) in [6, 6.07) is 4.91. The van der Waals surface area contributed by atoms with Crippen LogP contribution in [0.1, 0.15) is 46.1 Å². The Morgan fingerprint density at radius 2 is 2.05 bits per heavy atom. The van der Waals surface area contributed by atoms with Crippen molar-refractivity contribution in [3.05, 3.63) is 29.6 Å². The first-order valence-corrected chi connectivity index (χ1v) is 7.67. The van der Waals surface area contributed by atoms with Crippen molar-refractivity contribution in [1.82, 2.24) is 5.32 Å². The maximum Gasteiger partial charge on any atom is 0.407 e. The van der Waals surface area contributed by atoms with Gasteiger partial charge in [-0.05, 0) is 65.2 Å². The second-order valence-electron chi connectivity index (χ2n) is 6.58. The van der Waals surface area contributed by atoms with E-state index in [1.165, 1.54) is 12.1 Å². The quantitative estimate of drug-likeness (QED) is 0.773. The number of carbonyl (C=O) groups is 1. The van der Waals surface area contributed by atoms with Crippen molar-refractivity contribution in [2.45, 2.75) is 59.1 Å². The van der Waals surface area contributed by atoms with Gasteiger partial charge >= 0.3 is 6.09 Å². The van der Waals surface area contributed by atoms with Gasteiger partial charge in [0.05, 0.1) is 0 Å². The molecule has 0 aliphatic rings. The van der Waals surface area contributed by atoms with Crippen LogP contribution in [0.15, 0.2) is 18.2 Å². The molecule has 1 unspecified atom stereocenters. The largest absolute Gasteiger partial charge is 0.444 e. The van der Waals surface area contributed by atoms with Gasteiger partial charge in [0, 0.05) is 18.3 Å². The maximum absolute atomic E-state index is 13.2. The van der Waals surface area contributed by atoms with Gasteiger partial charge in [0.25, 0.3) is 0 Å². The molecule has 0 aliphatic heterocycles. The van der Waals surface area contributed by atoms with Crippen LogP contribution in [0.4, 0.5) is 14.9 Å². The molecular weight excluding hydrogens is 283 g/mol. The number of benzene rings is 1. The van der Waals surface area contributed by atoms with Gasteiger partial charge in [0.15, 0.2) is 0 Å². The first-order chi connectivity index (χ1) is 10.2. The summed E-state index contributed by atoms with van der Waals surface area (Å²) in [6.45, 7) is 10.0. The minimum Gasteiger partial charge on any atom is -0.444 e. The molecule has 22 heavy (non-hydrogen) atoms. The number of alkyl carbamates (subject to hydrolysis) is 1. The summed E-state index contributed by atoms with van der Waals surface area (Å²) in [6.07, 6.45) is 1.29. The van der Waals surface area contributed by atoms with Crippen LogP contribution in [-0.2, 0) is 4.74 Å². The standard InChI is InChI=1S/C17H27FN2O2/c1-12-8-9-14(18)11-15(12)20-13(2)7-6-10-19-16(21)22-17(3,4)5/h8-9,11,13,20H,6-7,10H2,1-5H3,(H,19,21). The third-order valence-electron chi connectivity index (χ3n) is 3.08. The highest BCUT2D eigenvalue weighted by molar-refractivity contribution is 5.67. The number of carbonyl (C=O) groups excluding carboxylic acids is 1. The molecule has 0 radical (unpaired) electrons. The fourth-order valence-corrected chi connectivity index (χ4v) is 2.00. The molecule has 0 aliphatic carbocycles. The minimum atomic E-state index is -0.478. The number of aryl methyl sites for hydroxylation is 1. The van der Waals surface area contributed by atoms with Crippen molar-refractivity contribution in [3.63, 3.8) is 0 Å². The van der Waals surface area contributed by atoms with E-state index < -0.39 is 11.7 Å². The van der Waals surface area contributed by atoms with Crippen LogP contribution in [0, 0.1) is 12.7 Å². The highest BCUT2D eigenvalue weighted by Gasteiger charge is 2.15. The van der Waals surface area contributed by atoms with Crippen LogP contribution >= 0.6 is 0 Å². The molecule has 4 nitrogen and oxygen atoms in total. The van der Waals surface area contributed by atoms with Gasteiger partial charge in [-0.2, -0.15) is 0 Å². The number of hydrogen-bond acceptors (Lipinski definition) is 3. The normalized spacial score (nSPS) is 12.6. The van der Waals surface area contributed by atoms with Gasteiger partial charge in [-0.3, -0.25) is 0 Å². The first kappa shape index (κ1) is 18.3. The van der Waals surface area contributed by atoms with Crippen LogP contribution in [0.25, 0.3) is 0 Å². The number of anilines is 1. The van der Waals surface area contributed by atoms with Crippen LogP contribution in [0.2, 0.25) is 0 Å². The van der Waals surface area contributed by atoms with Gasteiger partial charge in [-0.15, -0.1) is 0 Å². The summed E-state index contributed by atoms with van der Waals surface area (Å²) in [5.74, 6) is -0.244. The van der Waals surface area contributed by atoms with Gasteiger partial charge in [-0.1, -0.05) is 6.07 Å². The lowest BCUT2D eigenvalue weighted by Crippen LogP contribution is -2.33. The third-order valence-corrected chi connectivity index (χ3v) is 3.08. The molecule has 1 rings (SSSR count). The number of amides is 1. The molecule has 0 heterocycles. The van der Waals surface area contributed by atoms with Crippen molar-refractivity contribution in [2.75, 3.05) is 11.9 Å². The van der Waals surface area contributed by atoms with Gasteiger partial charge in [0.1, 0.15) is 11.4 Å². The molecule has 1 atom stereocenters. The highest BCUT2D eigenvalue weighted by atomic mass is 19.1. The molecule has 1 aromatic rings. The Morgan fingerprint density at radius 3 is 2.68 bits per heavy atom. The third kappa shape index (κ3) is 7.29. The van der Waals surface area contributed by atoms with E-state index in [4.69, 9.17) is 4.74 Å². The zero-order valence-electron chi connectivity index (χ0n) is 14.1. The fourth-order valence-electron chi connectivity index (χ4n) is 2.00. The van der Waals surface area contributed by atoms with Crippen LogP contribution in [-0.4, -0.2) is 24.3 Å². The van der Waals surface area contributed by atoms with Crippen LogP contribution in [0.3, 0.4) is 0 Å².